The number of non-ortho nitro benzene ring substituents is 1. The lowest BCUT2D eigenvalue weighted by Gasteiger charge is -2.11. The van der Waals surface area contributed by atoms with Crippen molar-refractivity contribution in [3.63, 3.8) is 0 Å². The van der Waals surface area contributed by atoms with Gasteiger partial charge < -0.3 is 9.47 Å². The van der Waals surface area contributed by atoms with Crippen molar-refractivity contribution in [2.75, 3.05) is 7.11 Å². The Morgan fingerprint density at radius 2 is 1.81 bits per heavy atom. The molecule has 37 heavy (non-hydrogen) atoms. The van der Waals surface area contributed by atoms with Gasteiger partial charge in [0.25, 0.3) is 11.2 Å². The Morgan fingerprint density at radius 1 is 1.03 bits per heavy atom. The van der Waals surface area contributed by atoms with Gasteiger partial charge >= 0.3 is 0 Å². The van der Waals surface area contributed by atoms with E-state index in [-0.39, 0.29) is 17.9 Å². The SMILES string of the molecule is COc1cccc(-n2nc(-c3c(C)nc4c(OCc5ccc([N+](=O)[O-])cc5)cccn4c3=O)cc2C)c1. The Morgan fingerprint density at radius 3 is 2.54 bits per heavy atom. The second kappa shape index (κ2) is 9.57. The van der Waals surface area contributed by atoms with E-state index in [1.807, 2.05) is 37.3 Å². The summed E-state index contributed by atoms with van der Waals surface area (Å²) in [5, 5.41) is 15.6. The molecule has 0 amide bonds. The molecule has 0 aliphatic heterocycles. The van der Waals surface area contributed by atoms with E-state index in [0.717, 1.165) is 16.9 Å². The van der Waals surface area contributed by atoms with E-state index in [1.165, 1.54) is 16.5 Å². The maximum absolute atomic E-state index is 13.6. The smallest absolute Gasteiger partial charge is 0.269 e. The fraction of sp³-hybridized carbons (Fsp3) is 0.148. The van der Waals surface area contributed by atoms with Gasteiger partial charge in [-0.3, -0.25) is 19.3 Å². The predicted octanol–water partition coefficient (Wildman–Crippen LogP) is 4.66. The van der Waals surface area contributed by atoms with E-state index in [0.29, 0.717) is 34.1 Å². The zero-order chi connectivity index (χ0) is 26.1. The largest absolute Gasteiger partial charge is 0.497 e. The molecule has 0 fully saturated rings. The number of nitro groups is 1. The Kier molecular flexibility index (Phi) is 6.14. The summed E-state index contributed by atoms with van der Waals surface area (Å²) < 4.78 is 14.5. The van der Waals surface area contributed by atoms with Crippen molar-refractivity contribution < 1.29 is 14.4 Å². The number of fused-ring (bicyclic) bond motifs is 1. The monoisotopic (exact) mass is 497 g/mol. The average molecular weight is 498 g/mol. The highest BCUT2D eigenvalue weighted by atomic mass is 16.6. The number of hydrogen-bond acceptors (Lipinski definition) is 7. The highest BCUT2D eigenvalue weighted by Gasteiger charge is 2.18. The van der Waals surface area contributed by atoms with Crippen LogP contribution >= 0.6 is 0 Å². The normalized spacial score (nSPS) is 11.0. The molecule has 0 bridgehead atoms. The number of nitro benzene ring substituents is 1. The van der Waals surface area contributed by atoms with E-state index in [4.69, 9.17) is 14.6 Å². The van der Waals surface area contributed by atoms with Crippen LogP contribution < -0.4 is 15.0 Å². The number of aromatic nitrogens is 4. The van der Waals surface area contributed by atoms with Crippen LogP contribution in [-0.4, -0.2) is 31.2 Å². The molecule has 0 saturated heterocycles. The van der Waals surface area contributed by atoms with Crippen LogP contribution in [0, 0.1) is 24.0 Å². The number of pyridine rings is 1. The molecule has 10 heteroatoms. The third-order valence-corrected chi connectivity index (χ3v) is 5.98. The molecule has 10 nitrogen and oxygen atoms in total. The molecule has 0 aliphatic rings. The van der Waals surface area contributed by atoms with Crippen LogP contribution in [0.3, 0.4) is 0 Å². The van der Waals surface area contributed by atoms with Crippen molar-refractivity contribution >= 4 is 11.3 Å². The van der Waals surface area contributed by atoms with Crippen LogP contribution in [0.4, 0.5) is 5.69 Å². The summed E-state index contributed by atoms with van der Waals surface area (Å²) in [6.45, 7) is 3.85. The molecule has 0 unspecified atom stereocenters. The van der Waals surface area contributed by atoms with Gasteiger partial charge in [0.15, 0.2) is 11.4 Å². The van der Waals surface area contributed by atoms with Crippen molar-refractivity contribution in [1.29, 1.82) is 0 Å². The summed E-state index contributed by atoms with van der Waals surface area (Å²) in [4.78, 5) is 28.7. The number of nitrogens with zero attached hydrogens (tertiary/aromatic N) is 5. The van der Waals surface area contributed by atoms with Gasteiger partial charge in [0, 0.05) is 30.1 Å². The molecule has 0 atom stereocenters. The van der Waals surface area contributed by atoms with Crippen LogP contribution in [0.5, 0.6) is 11.5 Å². The van der Waals surface area contributed by atoms with Crippen LogP contribution in [0.2, 0.25) is 0 Å². The average Bonchev–Trinajstić information content (AvgIpc) is 3.28. The fourth-order valence-electron chi connectivity index (χ4n) is 4.13. The van der Waals surface area contributed by atoms with Crippen molar-refractivity contribution in [3.05, 3.63) is 110 Å². The molecule has 0 saturated carbocycles. The summed E-state index contributed by atoms with van der Waals surface area (Å²) in [7, 11) is 1.61. The maximum atomic E-state index is 13.6. The summed E-state index contributed by atoms with van der Waals surface area (Å²) >= 11 is 0. The minimum Gasteiger partial charge on any atom is -0.497 e. The predicted molar refractivity (Wildman–Crippen MR) is 137 cm³/mol. The number of rotatable bonds is 7. The first-order valence-electron chi connectivity index (χ1n) is 11.5. The molecule has 5 aromatic rings. The third kappa shape index (κ3) is 4.52. The van der Waals surface area contributed by atoms with Gasteiger partial charge in [-0.05, 0) is 61.9 Å². The van der Waals surface area contributed by atoms with E-state index >= 15 is 0 Å². The molecular weight excluding hydrogens is 474 g/mol. The lowest BCUT2D eigenvalue weighted by Crippen LogP contribution is -2.19. The first-order chi connectivity index (χ1) is 17.9. The molecule has 5 rings (SSSR count). The third-order valence-electron chi connectivity index (χ3n) is 5.98. The Labute approximate surface area is 211 Å². The van der Waals surface area contributed by atoms with Gasteiger partial charge in [0.2, 0.25) is 0 Å². The molecule has 3 heterocycles. The van der Waals surface area contributed by atoms with Crippen molar-refractivity contribution in [2.24, 2.45) is 0 Å². The van der Waals surface area contributed by atoms with Crippen molar-refractivity contribution in [3.8, 4) is 28.4 Å². The van der Waals surface area contributed by atoms with Gasteiger partial charge in [0.05, 0.1) is 29.0 Å². The van der Waals surface area contributed by atoms with Crippen LogP contribution in [0.1, 0.15) is 17.0 Å². The lowest BCUT2D eigenvalue weighted by atomic mass is 10.1. The van der Waals surface area contributed by atoms with Crippen LogP contribution in [0.25, 0.3) is 22.6 Å². The highest BCUT2D eigenvalue weighted by molar-refractivity contribution is 5.66. The van der Waals surface area contributed by atoms with Gasteiger partial charge in [-0.2, -0.15) is 5.10 Å². The van der Waals surface area contributed by atoms with E-state index in [9.17, 15) is 14.9 Å². The van der Waals surface area contributed by atoms with Crippen molar-refractivity contribution in [1.82, 2.24) is 19.2 Å². The van der Waals surface area contributed by atoms with Crippen LogP contribution in [0.15, 0.2) is 77.7 Å². The lowest BCUT2D eigenvalue weighted by molar-refractivity contribution is -0.384. The number of benzene rings is 2. The second-order valence-corrected chi connectivity index (χ2v) is 8.44. The maximum Gasteiger partial charge on any atom is 0.269 e. The summed E-state index contributed by atoms with van der Waals surface area (Å²) in [6.07, 6.45) is 1.64. The van der Waals surface area contributed by atoms with Gasteiger partial charge in [-0.1, -0.05) is 6.07 Å². The van der Waals surface area contributed by atoms with Gasteiger partial charge in [-0.25, -0.2) is 9.67 Å². The Balaban J connectivity index is 1.50. The summed E-state index contributed by atoms with van der Waals surface area (Å²) in [5.74, 6) is 1.13. The van der Waals surface area contributed by atoms with Gasteiger partial charge in [-0.15, -0.1) is 0 Å². The Bertz CT molecular complexity index is 1690. The molecule has 0 N–H and O–H groups in total. The van der Waals surface area contributed by atoms with E-state index < -0.39 is 4.92 Å². The molecule has 186 valence electrons. The second-order valence-electron chi connectivity index (χ2n) is 8.44. The number of ether oxygens (including phenoxy) is 2. The minimum absolute atomic E-state index is 0.00867. The van der Waals surface area contributed by atoms with Crippen LogP contribution in [-0.2, 0) is 6.61 Å². The number of aryl methyl sites for hydroxylation is 2. The van der Waals surface area contributed by atoms with Crippen molar-refractivity contribution in [2.45, 2.75) is 20.5 Å². The summed E-state index contributed by atoms with van der Waals surface area (Å²) in [5.41, 5.74) is 3.97. The molecular formula is C27H23N5O5. The molecule has 0 aliphatic carbocycles. The molecule has 3 aromatic heterocycles. The Hall–Kier alpha value is -4.99. The number of hydrogen-bond donors (Lipinski definition) is 0. The zero-order valence-corrected chi connectivity index (χ0v) is 20.4. The zero-order valence-electron chi connectivity index (χ0n) is 20.4. The van der Waals surface area contributed by atoms with Gasteiger partial charge in [0.1, 0.15) is 18.1 Å². The molecule has 2 aromatic carbocycles. The standard InChI is InChI=1S/C27H23N5O5/c1-17-14-23(29-31(17)21-6-4-7-22(15-21)36-3)25-18(2)28-26-24(8-5-13-30(26)27(25)33)37-16-19-9-11-20(12-10-19)32(34)35/h4-15H,16H2,1-3H3. The first-order valence-corrected chi connectivity index (χ1v) is 11.5. The first kappa shape index (κ1) is 23.7. The molecule has 0 radical (unpaired) electrons. The minimum atomic E-state index is -0.451. The van der Waals surface area contributed by atoms with E-state index in [2.05, 4.69) is 4.98 Å². The highest BCUT2D eigenvalue weighted by Crippen LogP contribution is 2.25. The fourth-order valence-corrected chi connectivity index (χ4v) is 4.13. The quantitative estimate of drug-likeness (QED) is 0.237. The topological polar surface area (TPSA) is 114 Å². The number of methoxy groups -OCH3 is 1. The van der Waals surface area contributed by atoms with E-state index in [1.54, 1.807) is 49.2 Å². The molecule has 0 spiro atoms. The summed E-state index contributed by atoms with van der Waals surface area (Å²) in [6, 6.07) is 18.9.